The molecule has 12 nitrogen and oxygen atoms in total. The zero-order chi connectivity index (χ0) is 42.9. The second kappa shape index (κ2) is 23.4. The van der Waals surface area contributed by atoms with Crippen LogP contribution in [0.4, 0.5) is 0 Å². The predicted molar refractivity (Wildman–Crippen MR) is 228 cm³/mol. The van der Waals surface area contributed by atoms with Crippen LogP contribution in [-0.4, -0.2) is 97.4 Å². The van der Waals surface area contributed by atoms with Crippen LogP contribution in [0.5, 0.6) is 0 Å². The number of aliphatic hydroxyl groups is 2. The van der Waals surface area contributed by atoms with Crippen molar-refractivity contribution in [2.75, 3.05) is 19.8 Å². The normalized spacial score (nSPS) is 26.1. The number of hydrogen-bond acceptors (Lipinski definition) is 12. The van der Waals surface area contributed by atoms with Gasteiger partial charge in [0.25, 0.3) is 0 Å². The zero-order valence-corrected chi connectivity index (χ0v) is 34.4. The van der Waals surface area contributed by atoms with Crippen LogP contribution < -0.4 is 0 Å². The lowest BCUT2D eigenvalue weighted by molar-refractivity contribution is -0.369. The summed E-state index contributed by atoms with van der Waals surface area (Å²) >= 11 is 0. The highest BCUT2D eigenvalue weighted by Gasteiger charge is 2.53. The first-order valence-electron chi connectivity index (χ1n) is 20.8. The van der Waals surface area contributed by atoms with Crippen molar-refractivity contribution >= 4 is 5.97 Å². The van der Waals surface area contributed by atoms with Gasteiger partial charge in [-0.05, 0) is 34.4 Å². The second-order valence-electron chi connectivity index (χ2n) is 15.0. The zero-order valence-electron chi connectivity index (χ0n) is 34.4. The number of benzene rings is 5. The number of rotatable bonds is 21. The van der Waals surface area contributed by atoms with Gasteiger partial charge in [0, 0.05) is 0 Å². The molecule has 2 fully saturated rings. The average molecular weight is 847 g/mol. The van der Waals surface area contributed by atoms with Gasteiger partial charge in [0.05, 0.1) is 45.2 Å². The van der Waals surface area contributed by atoms with Crippen molar-refractivity contribution in [3.63, 3.8) is 0 Å². The Kier molecular flexibility index (Phi) is 17.0. The van der Waals surface area contributed by atoms with Gasteiger partial charge in [0.15, 0.2) is 12.6 Å². The standard InChI is InChI=1S/C50H54O12/c1-2-28-55-47-44(56-30-36-20-10-4-11-21-36)42(51)40(34-59-48(52)39-26-16-7-17-27-39)61-50(47)62-43-41(33-54-29-35-18-8-3-9-19-35)60-49(53)46(58-32-38-24-14-6-15-25-38)45(43)57-31-37-22-12-5-13-23-37/h2-27,40-47,49-51,53H,1,28-34H2/t40-,41-,42+,43-,44+,45+,46-,47-,49-,50+/m1/s1. The molecule has 0 aliphatic carbocycles. The topological polar surface area (TPSA) is 141 Å². The van der Waals surface area contributed by atoms with Crippen molar-refractivity contribution in [2.45, 2.75) is 87.8 Å². The molecule has 2 aliphatic rings. The minimum atomic E-state index is -1.45. The molecule has 0 saturated carbocycles. The van der Waals surface area contributed by atoms with Gasteiger partial charge in [0.2, 0.25) is 0 Å². The number of carbonyl (C=O) groups excluding carboxylic acids is 1. The van der Waals surface area contributed by atoms with Gasteiger partial charge < -0.3 is 52.8 Å². The Morgan fingerprint density at radius 1 is 0.532 bits per heavy atom. The van der Waals surface area contributed by atoms with Crippen molar-refractivity contribution < 1.29 is 57.6 Å². The largest absolute Gasteiger partial charge is 0.459 e. The Bertz CT molecular complexity index is 2040. The van der Waals surface area contributed by atoms with Gasteiger partial charge in [-0.15, -0.1) is 6.58 Å². The lowest BCUT2D eigenvalue weighted by Gasteiger charge is -2.49. The van der Waals surface area contributed by atoms with Crippen molar-refractivity contribution in [2.24, 2.45) is 0 Å². The molecule has 5 aromatic carbocycles. The third-order valence-corrected chi connectivity index (χ3v) is 10.6. The van der Waals surface area contributed by atoms with E-state index in [0.717, 1.165) is 22.3 Å². The Morgan fingerprint density at radius 2 is 1.02 bits per heavy atom. The van der Waals surface area contributed by atoms with Crippen LogP contribution in [0.2, 0.25) is 0 Å². The first-order chi connectivity index (χ1) is 30.5. The third kappa shape index (κ3) is 12.5. The number of carbonyl (C=O) groups is 1. The molecule has 5 aromatic rings. The molecule has 2 heterocycles. The summed E-state index contributed by atoms with van der Waals surface area (Å²) in [6.07, 6.45) is -9.70. The first kappa shape index (κ1) is 44.9. The number of aliphatic hydroxyl groups excluding tert-OH is 2. The Morgan fingerprint density at radius 3 is 1.55 bits per heavy atom. The molecular weight excluding hydrogens is 793 g/mol. The Labute approximate surface area is 362 Å². The van der Waals surface area contributed by atoms with E-state index < -0.39 is 67.4 Å². The van der Waals surface area contributed by atoms with E-state index in [1.807, 2.05) is 121 Å². The average Bonchev–Trinajstić information content (AvgIpc) is 3.32. The number of ether oxygens (including phenoxy) is 9. The summed E-state index contributed by atoms with van der Waals surface area (Å²) in [5.74, 6) is -0.594. The van der Waals surface area contributed by atoms with Crippen molar-refractivity contribution in [3.8, 4) is 0 Å². The van der Waals surface area contributed by atoms with Gasteiger partial charge in [-0.1, -0.05) is 146 Å². The summed E-state index contributed by atoms with van der Waals surface area (Å²) < 4.78 is 57.8. The highest BCUT2D eigenvalue weighted by atomic mass is 16.7. The van der Waals surface area contributed by atoms with E-state index in [1.165, 1.54) is 0 Å². The smallest absolute Gasteiger partial charge is 0.338 e. The molecule has 12 heteroatoms. The number of esters is 1. The molecule has 2 saturated heterocycles. The fourth-order valence-electron chi connectivity index (χ4n) is 7.38. The van der Waals surface area contributed by atoms with Crippen LogP contribution in [0.1, 0.15) is 32.6 Å². The monoisotopic (exact) mass is 846 g/mol. The molecule has 0 unspecified atom stereocenters. The number of hydrogen-bond donors (Lipinski definition) is 2. The maximum absolute atomic E-state index is 13.2. The van der Waals surface area contributed by atoms with E-state index in [1.54, 1.807) is 36.4 Å². The van der Waals surface area contributed by atoms with Crippen LogP contribution in [0, 0.1) is 0 Å². The quantitative estimate of drug-likeness (QED) is 0.0610. The van der Waals surface area contributed by atoms with E-state index in [0.29, 0.717) is 5.56 Å². The summed E-state index contributed by atoms with van der Waals surface area (Å²) in [5.41, 5.74) is 3.89. The summed E-state index contributed by atoms with van der Waals surface area (Å²) in [7, 11) is 0. The van der Waals surface area contributed by atoms with Crippen LogP contribution in [0.25, 0.3) is 0 Å². The summed E-state index contributed by atoms with van der Waals surface area (Å²) in [6.45, 7) is 4.20. The van der Waals surface area contributed by atoms with E-state index in [-0.39, 0.29) is 46.2 Å². The summed E-state index contributed by atoms with van der Waals surface area (Å²) in [5, 5.41) is 23.7. The van der Waals surface area contributed by atoms with E-state index in [9.17, 15) is 15.0 Å². The van der Waals surface area contributed by atoms with Crippen molar-refractivity contribution in [3.05, 3.63) is 192 Å². The van der Waals surface area contributed by atoms with Crippen molar-refractivity contribution in [1.82, 2.24) is 0 Å². The Hall–Kier alpha value is -5.09. The Balaban J connectivity index is 1.22. The van der Waals surface area contributed by atoms with Crippen LogP contribution in [0.15, 0.2) is 164 Å². The van der Waals surface area contributed by atoms with Crippen LogP contribution >= 0.6 is 0 Å². The summed E-state index contributed by atoms with van der Waals surface area (Å²) in [4.78, 5) is 13.2. The third-order valence-electron chi connectivity index (χ3n) is 10.6. The molecular formula is C50H54O12. The minimum absolute atomic E-state index is 0.0210. The van der Waals surface area contributed by atoms with Gasteiger partial charge in [0.1, 0.15) is 55.4 Å². The van der Waals surface area contributed by atoms with E-state index >= 15 is 0 Å². The van der Waals surface area contributed by atoms with Gasteiger partial charge >= 0.3 is 5.97 Å². The maximum Gasteiger partial charge on any atom is 0.338 e. The van der Waals surface area contributed by atoms with E-state index in [4.69, 9.17) is 42.6 Å². The van der Waals surface area contributed by atoms with Gasteiger partial charge in [-0.2, -0.15) is 0 Å². The first-order valence-corrected chi connectivity index (χ1v) is 20.8. The van der Waals surface area contributed by atoms with Gasteiger partial charge in [-0.25, -0.2) is 4.79 Å². The molecule has 10 atom stereocenters. The molecule has 0 spiro atoms. The highest BCUT2D eigenvalue weighted by Crippen LogP contribution is 2.35. The molecule has 62 heavy (non-hydrogen) atoms. The molecule has 7 rings (SSSR count). The maximum atomic E-state index is 13.2. The molecule has 326 valence electrons. The molecule has 2 N–H and O–H groups in total. The molecule has 0 bridgehead atoms. The predicted octanol–water partition coefficient (Wildman–Crippen LogP) is 6.58. The van der Waals surface area contributed by atoms with Crippen molar-refractivity contribution in [1.29, 1.82) is 0 Å². The fourth-order valence-corrected chi connectivity index (χ4v) is 7.38. The lowest BCUT2D eigenvalue weighted by atomic mass is 9.96. The molecule has 2 aliphatic heterocycles. The SMILES string of the molecule is C=CCO[C@H]1[C@H](O[C@H]2[C@H](OCc3ccccc3)[C@@H](OCc3ccccc3)[C@H](O)O[C@@H]2COCc2ccccc2)O[C@H](COC(=O)c2ccccc2)[C@H](O)[C@@H]1OCc1ccccc1. The minimum Gasteiger partial charge on any atom is -0.459 e. The fraction of sp³-hybridized carbons (Fsp3) is 0.340. The summed E-state index contributed by atoms with van der Waals surface area (Å²) in [6, 6.07) is 46.9. The highest BCUT2D eigenvalue weighted by molar-refractivity contribution is 5.89. The molecule has 0 aromatic heterocycles. The lowest BCUT2D eigenvalue weighted by Crippen LogP contribution is -2.66. The van der Waals surface area contributed by atoms with Crippen LogP contribution in [-0.2, 0) is 69.1 Å². The van der Waals surface area contributed by atoms with E-state index in [2.05, 4.69) is 6.58 Å². The molecule has 0 amide bonds. The van der Waals surface area contributed by atoms with Gasteiger partial charge in [-0.3, -0.25) is 0 Å². The van der Waals surface area contributed by atoms with Crippen LogP contribution in [0.3, 0.4) is 0 Å². The molecule has 0 radical (unpaired) electrons. The second-order valence-corrected chi connectivity index (χ2v) is 15.0.